The minimum absolute atomic E-state index is 0.278. The van der Waals surface area contributed by atoms with E-state index in [2.05, 4.69) is 20.3 Å². The van der Waals surface area contributed by atoms with Crippen molar-refractivity contribution in [1.29, 1.82) is 0 Å². The Hall–Kier alpha value is -3.68. The average molecular weight is 349 g/mol. The number of pyridine rings is 1. The molecule has 26 heavy (non-hydrogen) atoms. The van der Waals surface area contributed by atoms with Crippen LogP contribution in [0.1, 0.15) is 21.6 Å². The van der Waals surface area contributed by atoms with Crippen LogP contribution in [0.15, 0.2) is 52.3 Å². The summed E-state index contributed by atoms with van der Waals surface area (Å²) in [5, 5.41) is 2.81. The maximum atomic E-state index is 12.4. The Labute approximate surface area is 146 Å². The number of fused-ring (bicyclic) bond motifs is 2. The summed E-state index contributed by atoms with van der Waals surface area (Å²) in [5.74, 6) is -0.298. The Kier molecular flexibility index (Phi) is 3.65. The van der Waals surface area contributed by atoms with E-state index in [4.69, 9.17) is 0 Å². The van der Waals surface area contributed by atoms with Crippen LogP contribution in [0, 0.1) is 6.92 Å². The van der Waals surface area contributed by atoms with Gasteiger partial charge in [0, 0.05) is 18.0 Å². The van der Waals surface area contributed by atoms with E-state index in [9.17, 15) is 14.4 Å². The Morgan fingerprint density at radius 2 is 1.92 bits per heavy atom. The zero-order chi connectivity index (χ0) is 18.3. The standard InChI is InChI=1S/C18H15N5O3/c1-10-3-2-6-23-9-12(20-15(10)23)8-19-16(24)11-4-5-13-14(7-11)22-18(26)17(25)21-13/h2-7,9H,8H2,1H3,(H,19,24)(H,21,25)(H,22,26). The fraction of sp³-hybridized carbons (Fsp3) is 0.111. The molecule has 1 aromatic carbocycles. The molecule has 0 aliphatic heterocycles. The van der Waals surface area contributed by atoms with Crippen molar-refractivity contribution in [3.63, 3.8) is 0 Å². The van der Waals surface area contributed by atoms with Crippen molar-refractivity contribution in [1.82, 2.24) is 24.7 Å². The van der Waals surface area contributed by atoms with Crippen LogP contribution in [0.25, 0.3) is 16.7 Å². The van der Waals surface area contributed by atoms with Gasteiger partial charge in [0.05, 0.1) is 23.3 Å². The summed E-state index contributed by atoms with van der Waals surface area (Å²) in [6, 6.07) is 8.60. The largest absolute Gasteiger partial charge is 0.346 e. The summed E-state index contributed by atoms with van der Waals surface area (Å²) >= 11 is 0. The zero-order valence-corrected chi connectivity index (χ0v) is 13.9. The van der Waals surface area contributed by atoms with Gasteiger partial charge in [-0.15, -0.1) is 0 Å². The molecule has 0 saturated carbocycles. The Morgan fingerprint density at radius 1 is 1.15 bits per heavy atom. The first-order chi connectivity index (χ1) is 12.5. The lowest BCUT2D eigenvalue weighted by Crippen LogP contribution is -2.29. The van der Waals surface area contributed by atoms with Crippen molar-refractivity contribution in [2.24, 2.45) is 0 Å². The van der Waals surface area contributed by atoms with E-state index in [-0.39, 0.29) is 12.5 Å². The third kappa shape index (κ3) is 2.77. The number of H-pyrrole nitrogens is 2. The molecule has 0 saturated heterocycles. The summed E-state index contributed by atoms with van der Waals surface area (Å²) in [6.07, 6.45) is 3.77. The van der Waals surface area contributed by atoms with Crippen LogP contribution in [-0.2, 0) is 6.54 Å². The van der Waals surface area contributed by atoms with Crippen molar-refractivity contribution in [2.45, 2.75) is 13.5 Å². The monoisotopic (exact) mass is 349 g/mol. The summed E-state index contributed by atoms with van der Waals surface area (Å²) in [7, 11) is 0. The van der Waals surface area contributed by atoms with Crippen LogP contribution in [0.5, 0.6) is 0 Å². The van der Waals surface area contributed by atoms with Crippen LogP contribution in [-0.4, -0.2) is 25.3 Å². The van der Waals surface area contributed by atoms with E-state index < -0.39 is 11.1 Å². The summed E-state index contributed by atoms with van der Waals surface area (Å²) in [4.78, 5) is 44.6. The molecule has 8 heteroatoms. The molecule has 0 aliphatic carbocycles. The summed E-state index contributed by atoms with van der Waals surface area (Å²) in [6.45, 7) is 2.25. The molecule has 0 aliphatic rings. The maximum absolute atomic E-state index is 12.4. The normalized spacial score (nSPS) is 11.1. The Balaban J connectivity index is 1.56. The highest BCUT2D eigenvalue weighted by atomic mass is 16.2. The first-order valence-electron chi connectivity index (χ1n) is 7.99. The number of hydrogen-bond acceptors (Lipinski definition) is 4. The van der Waals surface area contributed by atoms with Crippen LogP contribution in [0.4, 0.5) is 0 Å². The highest BCUT2D eigenvalue weighted by Gasteiger charge is 2.09. The Morgan fingerprint density at radius 3 is 2.69 bits per heavy atom. The minimum atomic E-state index is -0.755. The molecule has 0 bridgehead atoms. The third-order valence-corrected chi connectivity index (χ3v) is 4.14. The predicted octanol–water partition coefficient (Wildman–Crippen LogP) is 1.10. The maximum Gasteiger partial charge on any atom is 0.314 e. The molecule has 0 radical (unpaired) electrons. The van der Waals surface area contributed by atoms with E-state index in [1.807, 2.05) is 35.9 Å². The number of nitrogens with one attached hydrogen (secondary N) is 3. The molecule has 0 spiro atoms. The number of carbonyl (C=O) groups excluding carboxylic acids is 1. The van der Waals surface area contributed by atoms with Crippen molar-refractivity contribution in [3.8, 4) is 0 Å². The minimum Gasteiger partial charge on any atom is -0.346 e. The second-order valence-electron chi connectivity index (χ2n) is 6.01. The number of aryl methyl sites for hydroxylation is 1. The van der Waals surface area contributed by atoms with Crippen molar-refractivity contribution >= 4 is 22.6 Å². The highest BCUT2D eigenvalue weighted by Crippen LogP contribution is 2.11. The predicted molar refractivity (Wildman–Crippen MR) is 96.3 cm³/mol. The first-order valence-corrected chi connectivity index (χ1v) is 7.99. The molecule has 3 N–H and O–H groups in total. The number of rotatable bonds is 3. The lowest BCUT2D eigenvalue weighted by Gasteiger charge is -2.04. The topological polar surface area (TPSA) is 112 Å². The van der Waals surface area contributed by atoms with Gasteiger partial charge in [-0.1, -0.05) is 6.07 Å². The number of nitrogens with zero attached hydrogens (tertiary/aromatic N) is 2. The van der Waals surface area contributed by atoms with E-state index in [0.717, 1.165) is 16.9 Å². The van der Waals surface area contributed by atoms with E-state index >= 15 is 0 Å². The fourth-order valence-electron chi connectivity index (χ4n) is 2.82. The number of benzene rings is 1. The van der Waals surface area contributed by atoms with Gasteiger partial charge in [-0.05, 0) is 36.8 Å². The van der Waals surface area contributed by atoms with Crippen LogP contribution in [0.2, 0.25) is 0 Å². The van der Waals surface area contributed by atoms with Crippen LogP contribution < -0.4 is 16.4 Å². The average Bonchev–Trinajstić information content (AvgIpc) is 3.05. The quantitative estimate of drug-likeness (QED) is 0.481. The van der Waals surface area contributed by atoms with Gasteiger partial charge in [0.15, 0.2) is 0 Å². The lowest BCUT2D eigenvalue weighted by molar-refractivity contribution is 0.0950. The number of hydrogen-bond donors (Lipinski definition) is 3. The number of aromatic nitrogens is 4. The van der Waals surface area contributed by atoms with Gasteiger partial charge < -0.3 is 19.7 Å². The van der Waals surface area contributed by atoms with E-state index in [1.165, 1.54) is 6.07 Å². The second kappa shape index (κ2) is 5.99. The highest BCUT2D eigenvalue weighted by molar-refractivity contribution is 5.97. The molecule has 4 aromatic rings. The zero-order valence-electron chi connectivity index (χ0n) is 13.9. The molecular weight excluding hydrogens is 334 g/mol. The molecule has 0 atom stereocenters. The van der Waals surface area contributed by atoms with Crippen molar-refractivity contribution in [3.05, 3.63) is 80.3 Å². The Bertz CT molecular complexity index is 1270. The van der Waals surface area contributed by atoms with Crippen LogP contribution >= 0.6 is 0 Å². The molecule has 0 fully saturated rings. The molecule has 8 nitrogen and oxygen atoms in total. The molecule has 4 rings (SSSR count). The second-order valence-corrected chi connectivity index (χ2v) is 6.01. The van der Waals surface area contributed by atoms with Gasteiger partial charge in [-0.2, -0.15) is 0 Å². The first kappa shape index (κ1) is 15.8. The van der Waals surface area contributed by atoms with E-state index in [1.54, 1.807) is 12.1 Å². The summed E-state index contributed by atoms with van der Waals surface area (Å²) < 4.78 is 1.91. The smallest absolute Gasteiger partial charge is 0.314 e. The lowest BCUT2D eigenvalue weighted by atomic mass is 10.2. The molecular formula is C18H15N5O3. The van der Waals surface area contributed by atoms with Gasteiger partial charge >= 0.3 is 11.1 Å². The molecule has 130 valence electrons. The van der Waals surface area contributed by atoms with Gasteiger partial charge in [0.1, 0.15) is 5.65 Å². The van der Waals surface area contributed by atoms with Gasteiger partial charge in [-0.3, -0.25) is 14.4 Å². The van der Waals surface area contributed by atoms with Crippen molar-refractivity contribution < 1.29 is 4.79 Å². The molecule has 0 unspecified atom stereocenters. The van der Waals surface area contributed by atoms with Gasteiger partial charge in [0.2, 0.25) is 0 Å². The van der Waals surface area contributed by atoms with E-state index in [0.29, 0.717) is 16.6 Å². The van der Waals surface area contributed by atoms with Gasteiger partial charge in [0.25, 0.3) is 5.91 Å². The number of carbonyl (C=O) groups is 1. The third-order valence-electron chi connectivity index (χ3n) is 4.14. The fourth-order valence-corrected chi connectivity index (χ4v) is 2.82. The van der Waals surface area contributed by atoms with Crippen LogP contribution in [0.3, 0.4) is 0 Å². The summed E-state index contributed by atoms with van der Waals surface area (Å²) in [5.41, 5.74) is 2.40. The molecule has 3 aromatic heterocycles. The van der Waals surface area contributed by atoms with Crippen molar-refractivity contribution in [2.75, 3.05) is 0 Å². The SMILES string of the molecule is Cc1cccn2cc(CNC(=O)c3ccc4[nH]c(=O)c(=O)[nH]c4c3)nc12. The number of imidazole rings is 1. The molecule has 3 heterocycles. The number of amides is 1. The van der Waals surface area contributed by atoms with Gasteiger partial charge in [-0.25, -0.2) is 4.98 Å². The molecule has 1 amide bonds. The number of aromatic amines is 2.